The molecular formula is C25H29FN2O5. The predicted molar refractivity (Wildman–Crippen MR) is 123 cm³/mol. The van der Waals surface area contributed by atoms with Gasteiger partial charge >= 0.3 is 5.97 Å². The number of carboxylic acids is 1. The van der Waals surface area contributed by atoms with Crippen LogP contribution in [0.15, 0.2) is 47.3 Å². The highest BCUT2D eigenvalue weighted by Gasteiger charge is 2.27. The first-order valence-corrected chi connectivity index (χ1v) is 10.8. The molecule has 8 heteroatoms. The van der Waals surface area contributed by atoms with E-state index in [1.807, 2.05) is 20.8 Å². The highest BCUT2D eigenvalue weighted by atomic mass is 19.1. The molecule has 0 saturated carbocycles. The number of aryl methyl sites for hydroxylation is 1. The first kappa shape index (κ1) is 24.5. The Morgan fingerprint density at radius 3 is 2.36 bits per heavy atom. The maximum Gasteiger partial charge on any atom is 0.335 e. The summed E-state index contributed by atoms with van der Waals surface area (Å²) >= 11 is 0. The Balaban J connectivity index is 1.94. The topological polar surface area (TPSA) is 102 Å². The van der Waals surface area contributed by atoms with Crippen LogP contribution < -0.4 is 5.56 Å². The van der Waals surface area contributed by atoms with E-state index < -0.39 is 23.2 Å². The number of aromatic nitrogens is 2. The van der Waals surface area contributed by atoms with Gasteiger partial charge in [-0.05, 0) is 83.0 Å². The van der Waals surface area contributed by atoms with Crippen molar-refractivity contribution < 1.29 is 24.1 Å². The van der Waals surface area contributed by atoms with Crippen LogP contribution in [0.5, 0.6) is 0 Å². The quantitative estimate of drug-likeness (QED) is 0.383. The molecule has 1 aromatic heterocycles. The van der Waals surface area contributed by atoms with Gasteiger partial charge in [-0.25, -0.2) is 14.2 Å². The summed E-state index contributed by atoms with van der Waals surface area (Å²) in [6, 6.07) is 9.72. The van der Waals surface area contributed by atoms with Crippen LogP contribution in [0, 0.1) is 5.82 Å². The molecule has 176 valence electrons. The number of benzene rings is 2. The van der Waals surface area contributed by atoms with Crippen molar-refractivity contribution in [3.05, 3.63) is 70.0 Å². The van der Waals surface area contributed by atoms with Gasteiger partial charge in [0.15, 0.2) is 5.79 Å². The molecule has 0 radical (unpaired) electrons. The Kier molecular flexibility index (Phi) is 7.00. The normalized spacial score (nSPS) is 13.8. The third kappa shape index (κ3) is 6.24. The number of carboxylic acid groups (broad SMARTS) is 1. The van der Waals surface area contributed by atoms with Crippen molar-refractivity contribution in [1.82, 2.24) is 9.55 Å². The number of fused-ring (bicyclic) bond motifs is 1. The minimum atomic E-state index is -1.29. The first-order valence-electron chi connectivity index (χ1n) is 10.8. The average molecular weight is 457 g/mol. The average Bonchev–Trinajstić information content (AvgIpc) is 2.70. The summed E-state index contributed by atoms with van der Waals surface area (Å²) in [5.74, 6) is -2.39. The molecule has 2 N–H and O–H groups in total. The lowest BCUT2D eigenvalue weighted by Crippen LogP contribution is -2.37. The van der Waals surface area contributed by atoms with Crippen LogP contribution in [0.2, 0.25) is 0 Å². The Morgan fingerprint density at radius 2 is 1.76 bits per heavy atom. The highest BCUT2D eigenvalue weighted by Crippen LogP contribution is 2.24. The number of halogens is 1. The molecule has 0 aliphatic carbocycles. The van der Waals surface area contributed by atoms with Gasteiger partial charge in [0, 0.05) is 12.8 Å². The van der Waals surface area contributed by atoms with Gasteiger partial charge < -0.3 is 14.9 Å². The molecule has 7 nitrogen and oxygen atoms in total. The third-order valence-electron chi connectivity index (χ3n) is 5.09. The Bertz CT molecular complexity index is 1210. The van der Waals surface area contributed by atoms with E-state index in [1.54, 1.807) is 6.92 Å². The number of ether oxygens (including phenoxy) is 1. The van der Waals surface area contributed by atoms with E-state index >= 15 is 0 Å². The molecule has 2 aromatic carbocycles. The van der Waals surface area contributed by atoms with Crippen LogP contribution >= 0.6 is 0 Å². The summed E-state index contributed by atoms with van der Waals surface area (Å²) in [6.45, 7) is 7.22. The lowest BCUT2D eigenvalue weighted by molar-refractivity contribution is -0.245. The monoisotopic (exact) mass is 456 g/mol. The van der Waals surface area contributed by atoms with E-state index in [2.05, 4.69) is 4.98 Å². The van der Waals surface area contributed by atoms with Crippen molar-refractivity contribution in [2.75, 3.05) is 0 Å². The standard InChI is InChI=1S/C25H29FN2O5/c1-24(2,3)33-25(4,32)14-6-5-7-21-27-20-15-16(23(30)31)8-13-19(20)22(29)28(21)18-11-9-17(26)10-12-18/h8-13,15,32H,5-7,14H2,1-4H3,(H,30,31). The number of rotatable bonds is 8. The summed E-state index contributed by atoms with van der Waals surface area (Å²) < 4.78 is 20.6. The van der Waals surface area contributed by atoms with Crippen molar-refractivity contribution >= 4 is 16.9 Å². The second-order valence-electron chi connectivity index (χ2n) is 9.28. The summed E-state index contributed by atoms with van der Waals surface area (Å²) in [7, 11) is 0. The number of hydrogen-bond acceptors (Lipinski definition) is 5. The van der Waals surface area contributed by atoms with Crippen molar-refractivity contribution in [3.63, 3.8) is 0 Å². The molecule has 3 rings (SSSR count). The van der Waals surface area contributed by atoms with Crippen LogP contribution in [0.4, 0.5) is 4.39 Å². The molecule has 0 amide bonds. The minimum Gasteiger partial charge on any atom is -0.478 e. The van der Waals surface area contributed by atoms with E-state index in [-0.39, 0.29) is 22.0 Å². The summed E-state index contributed by atoms with van der Waals surface area (Å²) in [5, 5.41) is 20.1. The van der Waals surface area contributed by atoms with Gasteiger partial charge in [-0.15, -0.1) is 0 Å². The van der Waals surface area contributed by atoms with Crippen molar-refractivity contribution in [2.24, 2.45) is 0 Å². The number of hydrogen-bond donors (Lipinski definition) is 2. The van der Waals surface area contributed by atoms with E-state index in [0.717, 1.165) is 0 Å². The van der Waals surface area contributed by atoms with Gasteiger partial charge in [-0.2, -0.15) is 0 Å². The van der Waals surface area contributed by atoms with Gasteiger partial charge in [0.25, 0.3) is 5.56 Å². The van der Waals surface area contributed by atoms with Crippen LogP contribution in [-0.4, -0.2) is 37.1 Å². The van der Waals surface area contributed by atoms with Crippen LogP contribution in [-0.2, 0) is 11.2 Å². The van der Waals surface area contributed by atoms with Crippen molar-refractivity contribution in [2.45, 2.75) is 64.8 Å². The fraction of sp³-hybridized carbons (Fsp3) is 0.400. The smallest absolute Gasteiger partial charge is 0.335 e. The lowest BCUT2D eigenvalue weighted by atomic mass is 10.1. The van der Waals surface area contributed by atoms with E-state index in [1.165, 1.54) is 47.0 Å². The van der Waals surface area contributed by atoms with Crippen molar-refractivity contribution in [3.8, 4) is 5.69 Å². The number of nitrogens with zero attached hydrogens (tertiary/aromatic N) is 2. The van der Waals surface area contributed by atoms with Gasteiger partial charge in [0.05, 0.1) is 27.8 Å². The van der Waals surface area contributed by atoms with Crippen LogP contribution in [0.3, 0.4) is 0 Å². The fourth-order valence-corrected chi connectivity index (χ4v) is 3.84. The van der Waals surface area contributed by atoms with Gasteiger partial charge in [0.1, 0.15) is 11.6 Å². The maximum atomic E-state index is 13.5. The van der Waals surface area contributed by atoms with E-state index in [9.17, 15) is 24.2 Å². The number of unbranched alkanes of at least 4 members (excludes halogenated alkanes) is 1. The van der Waals surface area contributed by atoms with E-state index in [0.29, 0.717) is 37.2 Å². The molecule has 0 saturated heterocycles. The number of aliphatic hydroxyl groups is 1. The summed E-state index contributed by atoms with van der Waals surface area (Å²) in [5.41, 5.74) is -0.0572. The fourth-order valence-electron chi connectivity index (χ4n) is 3.84. The molecule has 0 bridgehead atoms. The first-order chi connectivity index (χ1) is 15.4. The van der Waals surface area contributed by atoms with Crippen LogP contribution in [0.1, 0.15) is 63.1 Å². The zero-order valence-corrected chi connectivity index (χ0v) is 19.3. The molecule has 0 fully saturated rings. The molecule has 3 aromatic rings. The van der Waals surface area contributed by atoms with E-state index in [4.69, 9.17) is 4.74 Å². The van der Waals surface area contributed by atoms with Crippen molar-refractivity contribution in [1.29, 1.82) is 0 Å². The Labute approximate surface area is 191 Å². The largest absolute Gasteiger partial charge is 0.478 e. The molecule has 1 unspecified atom stereocenters. The second kappa shape index (κ2) is 9.41. The van der Waals surface area contributed by atoms with Gasteiger partial charge in [-0.1, -0.05) is 0 Å². The summed E-state index contributed by atoms with van der Waals surface area (Å²) in [4.78, 5) is 29.2. The zero-order valence-electron chi connectivity index (χ0n) is 19.3. The summed E-state index contributed by atoms with van der Waals surface area (Å²) in [6.07, 6.45) is 1.99. The predicted octanol–water partition coefficient (Wildman–Crippen LogP) is 4.46. The minimum absolute atomic E-state index is 0.0373. The number of carbonyl (C=O) groups is 1. The number of aromatic carboxylic acids is 1. The molecule has 0 spiro atoms. The molecule has 1 atom stereocenters. The Hall–Kier alpha value is -3.10. The molecule has 33 heavy (non-hydrogen) atoms. The molecule has 1 heterocycles. The SMILES string of the molecule is CC(C)(C)OC(C)(O)CCCCc1nc2cc(C(=O)O)ccc2c(=O)n1-c1ccc(F)cc1. The van der Waals surface area contributed by atoms with Crippen LogP contribution in [0.25, 0.3) is 16.6 Å². The zero-order chi connectivity index (χ0) is 24.4. The Morgan fingerprint density at radius 1 is 1.09 bits per heavy atom. The molecular weight excluding hydrogens is 427 g/mol. The molecule has 0 aliphatic rings. The lowest BCUT2D eigenvalue weighted by Gasteiger charge is -2.32. The molecule has 0 aliphatic heterocycles. The third-order valence-corrected chi connectivity index (χ3v) is 5.09. The highest BCUT2D eigenvalue weighted by molar-refractivity contribution is 5.92. The van der Waals surface area contributed by atoms with Gasteiger partial charge in [0.2, 0.25) is 0 Å². The van der Waals surface area contributed by atoms with Gasteiger partial charge in [-0.3, -0.25) is 9.36 Å². The maximum absolute atomic E-state index is 13.5. The second-order valence-corrected chi connectivity index (χ2v) is 9.28.